The van der Waals surface area contributed by atoms with Gasteiger partial charge in [0.15, 0.2) is 5.57 Å². The van der Waals surface area contributed by atoms with Crippen LogP contribution in [0.2, 0.25) is 5.02 Å². The maximum Gasteiger partial charge on any atom is 0.269 e. The molecule has 1 aliphatic carbocycles. The van der Waals surface area contributed by atoms with Crippen molar-refractivity contribution in [3.63, 3.8) is 0 Å². The highest BCUT2D eigenvalue weighted by Gasteiger charge is 2.30. The molecule has 1 aromatic carbocycles. The van der Waals surface area contributed by atoms with E-state index in [1.165, 1.54) is 0 Å². The normalized spacial score (nSPS) is 15.4. The summed E-state index contributed by atoms with van der Waals surface area (Å²) in [4.78, 5) is 11.9. The van der Waals surface area contributed by atoms with Crippen LogP contribution >= 0.6 is 11.6 Å². The Kier molecular flexibility index (Phi) is 3.77. The monoisotopic (exact) mass is 276 g/mol. The molecule has 2 rings (SSSR count). The van der Waals surface area contributed by atoms with E-state index in [9.17, 15) is 9.90 Å². The number of aliphatic hydroxyl groups is 1. The van der Waals surface area contributed by atoms with Crippen molar-refractivity contribution in [3.8, 4) is 6.07 Å². The minimum Gasteiger partial charge on any atom is -0.510 e. The van der Waals surface area contributed by atoms with Gasteiger partial charge in [0.2, 0.25) is 0 Å². The lowest BCUT2D eigenvalue weighted by Crippen LogP contribution is -2.16. The SMILES string of the molecule is Cc1cc(NC(=O)/C(C#N)=C(\O)C2CC2)ccc1Cl. The van der Waals surface area contributed by atoms with Crippen LogP contribution < -0.4 is 5.32 Å². The van der Waals surface area contributed by atoms with Gasteiger partial charge < -0.3 is 10.4 Å². The van der Waals surface area contributed by atoms with E-state index in [2.05, 4.69) is 5.32 Å². The first-order valence-electron chi connectivity index (χ1n) is 5.93. The largest absolute Gasteiger partial charge is 0.510 e. The second kappa shape index (κ2) is 5.33. The zero-order valence-electron chi connectivity index (χ0n) is 10.4. The quantitative estimate of drug-likeness (QED) is 0.505. The maximum absolute atomic E-state index is 11.9. The van der Waals surface area contributed by atoms with Gasteiger partial charge in [0.25, 0.3) is 5.91 Å². The van der Waals surface area contributed by atoms with Gasteiger partial charge in [0.05, 0.1) is 0 Å². The number of anilines is 1. The van der Waals surface area contributed by atoms with Crippen molar-refractivity contribution < 1.29 is 9.90 Å². The third kappa shape index (κ3) is 3.07. The molecular formula is C14H13ClN2O2. The third-order valence-electron chi connectivity index (χ3n) is 2.97. The van der Waals surface area contributed by atoms with Crippen molar-refractivity contribution in [1.29, 1.82) is 5.26 Å². The standard InChI is InChI=1S/C14H13ClN2O2/c1-8-6-10(4-5-12(8)15)17-14(19)11(7-16)13(18)9-2-3-9/h4-6,9,18H,2-3H2,1H3,(H,17,19)/b13-11-. The Morgan fingerprint density at radius 3 is 2.74 bits per heavy atom. The predicted molar refractivity (Wildman–Crippen MR) is 72.8 cm³/mol. The Hall–Kier alpha value is -1.99. The number of aryl methyl sites for hydroxylation is 1. The zero-order valence-corrected chi connectivity index (χ0v) is 11.2. The number of halogens is 1. The van der Waals surface area contributed by atoms with E-state index >= 15 is 0 Å². The Morgan fingerprint density at radius 1 is 1.53 bits per heavy atom. The van der Waals surface area contributed by atoms with E-state index in [1.54, 1.807) is 24.3 Å². The van der Waals surface area contributed by atoms with Gasteiger partial charge in [-0.3, -0.25) is 4.79 Å². The van der Waals surface area contributed by atoms with Crippen LogP contribution in [0, 0.1) is 24.2 Å². The summed E-state index contributed by atoms with van der Waals surface area (Å²) in [7, 11) is 0. The number of benzene rings is 1. The highest BCUT2D eigenvalue weighted by molar-refractivity contribution is 6.31. The second-order valence-corrected chi connectivity index (χ2v) is 4.97. The number of allylic oxidation sites excluding steroid dienone is 1. The average molecular weight is 277 g/mol. The summed E-state index contributed by atoms with van der Waals surface area (Å²) in [6, 6.07) is 6.79. The molecule has 0 unspecified atom stereocenters. The van der Waals surface area contributed by atoms with Crippen LogP contribution in [0.4, 0.5) is 5.69 Å². The second-order valence-electron chi connectivity index (χ2n) is 4.56. The summed E-state index contributed by atoms with van der Waals surface area (Å²) in [5.41, 5.74) is 1.16. The molecule has 1 aliphatic rings. The van der Waals surface area contributed by atoms with Crippen LogP contribution in [0.1, 0.15) is 18.4 Å². The summed E-state index contributed by atoms with van der Waals surface area (Å²) >= 11 is 5.89. The topological polar surface area (TPSA) is 73.1 Å². The zero-order chi connectivity index (χ0) is 14.0. The van der Waals surface area contributed by atoms with Crippen LogP contribution in [0.3, 0.4) is 0 Å². The molecule has 19 heavy (non-hydrogen) atoms. The minimum absolute atomic E-state index is 0.0349. The molecule has 98 valence electrons. The van der Waals surface area contributed by atoms with Crippen molar-refractivity contribution in [3.05, 3.63) is 40.1 Å². The number of aliphatic hydroxyl groups excluding tert-OH is 1. The molecule has 5 heteroatoms. The molecule has 2 N–H and O–H groups in total. The Balaban J connectivity index is 2.18. The fraction of sp³-hybridized carbons (Fsp3) is 0.286. The lowest BCUT2D eigenvalue weighted by Gasteiger charge is -2.07. The first kappa shape index (κ1) is 13.4. The molecule has 0 saturated heterocycles. The van der Waals surface area contributed by atoms with Crippen LogP contribution in [0.15, 0.2) is 29.5 Å². The Bertz CT molecular complexity index is 598. The average Bonchev–Trinajstić information content (AvgIpc) is 3.18. The van der Waals surface area contributed by atoms with Gasteiger partial charge in [0, 0.05) is 16.6 Å². The fourth-order valence-corrected chi connectivity index (χ4v) is 1.82. The number of amides is 1. The van der Waals surface area contributed by atoms with Gasteiger partial charge in [0.1, 0.15) is 11.8 Å². The molecule has 1 saturated carbocycles. The number of hydrogen-bond acceptors (Lipinski definition) is 3. The fourth-order valence-electron chi connectivity index (χ4n) is 1.70. The van der Waals surface area contributed by atoms with Gasteiger partial charge in [-0.25, -0.2) is 0 Å². The lowest BCUT2D eigenvalue weighted by molar-refractivity contribution is -0.112. The number of hydrogen-bond donors (Lipinski definition) is 2. The van der Waals surface area contributed by atoms with Crippen molar-refractivity contribution in [2.24, 2.45) is 5.92 Å². The minimum atomic E-state index is -0.589. The van der Waals surface area contributed by atoms with E-state index in [-0.39, 0.29) is 17.3 Å². The number of rotatable bonds is 3. The van der Waals surface area contributed by atoms with Gasteiger partial charge in [-0.2, -0.15) is 5.26 Å². The molecular weight excluding hydrogens is 264 g/mol. The molecule has 0 aliphatic heterocycles. The summed E-state index contributed by atoms with van der Waals surface area (Å²) in [6.45, 7) is 1.82. The lowest BCUT2D eigenvalue weighted by atomic mass is 10.1. The first-order valence-corrected chi connectivity index (χ1v) is 6.31. The van der Waals surface area contributed by atoms with Crippen molar-refractivity contribution >= 4 is 23.2 Å². The van der Waals surface area contributed by atoms with E-state index in [1.807, 2.05) is 6.92 Å². The molecule has 0 bridgehead atoms. The highest BCUT2D eigenvalue weighted by atomic mass is 35.5. The van der Waals surface area contributed by atoms with Crippen molar-refractivity contribution in [2.75, 3.05) is 5.32 Å². The molecule has 4 nitrogen and oxygen atoms in total. The van der Waals surface area contributed by atoms with E-state index < -0.39 is 5.91 Å². The van der Waals surface area contributed by atoms with Crippen LogP contribution in [-0.2, 0) is 4.79 Å². The van der Waals surface area contributed by atoms with E-state index in [4.69, 9.17) is 16.9 Å². The number of nitrogens with one attached hydrogen (secondary N) is 1. The van der Waals surface area contributed by atoms with Crippen molar-refractivity contribution in [1.82, 2.24) is 0 Å². The molecule has 0 aromatic heterocycles. The van der Waals surface area contributed by atoms with Crippen LogP contribution in [0.5, 0.6) is 0 Å². The summed E-state index contributed by atoms with van der Waals surface area (Å²) in [5.74, 6) is -0.730. The molecule has 0 heterocycles. The van der Waals surface area contributed by atoms with E-state index in [0.717, 1.165) is 18.4 Å². The van der Waals surface area contributed by atoms with Gasteiger partial charge >= 0.3 is 0 Å². The number of carbonyl (C=O) groups excluding carboxylic acids is 1. The number of carbonyl (C=O) groups is 1. The smallest absolute Gasteiger partial charge is 0.269 e. The summed E-state index contributed by atoms with van der Waals surface area (Å²) < 4.78 is 0. The highest BCUT2D eigenvalue weighted by Crippen LogP contribution is 2.36. The Morgan fingerprint density at radius 2 is 2.21 bits per heavy atom. The predicted octanol–water partition coefficient (Wildman–Crippen LogP) is 3.33. The van der Waals surface area contributed by atoms with Crippen LogP contribution in [-0.4, -0.2) is 11.0 Å². The van der Waals surface area contributed by atoms with Crippen molar-refractivity contribution in [2.45, 2.75) is 19.8 Å². The molecule has 1 aromatic rings. The van der Waals surface area contributed by atoms with Crippen LogP contribution in [0.25, 0.3) is 0 Å². The summed E-state index contributed by atoms with van der Waals surface area (Å²) in [5, 5.41) is 21.9. The number of nitriles is 1. The summed E-state index contributed by atoms with van der Waals surface area (Å²) in [6.07, 6.45) is 1.65. The number of nitrogens with zero attached hydrogens (tertiary/aromatic N) is 1. The molecule has 0 spiro atoms. The molecule has 1 amide bonds. The maximum atomic E-state index is 11.9. The molecule has 0 atom stereocenters. The first-order chi connectivity index (χ1) is 9.02. The molecule has 0 radical (unpaired) electrons. The van der Waals surface area contributed by atoms with E-state index in [0.29, 0.717) is 10.7 Å². The van der Waals surface area contributed by atoms with Gasteiger partial charge in [-0.1, -0.05) is 11.6 Å². The molecule has 1 fully saturated rings. The van der Waals surface area contributed by atoms with Gasteiger partial charge in [-0.05, 0) is 43.5 Å². The van der Waals surface area contributed by atoms with Gasteiger partial charge in [-0.15, -0.1) is 0 Å². The third-order valence-corrected chi connectivity index (χ3v) is 3.40. The Labute approximate surface area is 116 Å².